The molecule has 0 fully saturated rings. The third kappa shape index (κ3) is 6.73. The molecular weight excluding hydrogens is 407 g/mol. The number of ether oxygens (including phenoxy) is 1. The van der Waals surface area contributed by atoms with Crippen LogP contribution in [0.25, 0.3) is 11.1 Å². The van der Waals surface area contributed by atoms with Crippen LogP contribution >= 0.6 is 0 Å². The van der Waals surface area contributed by atoms with E-state index in [0.717, 1.165) is 23.3 Å². The van der Waals surface area contributed by atoms with E-state index in [4.69, 9.17) is 4.74 Å². The number of hydrogen-bond donors (Lipinski definition) is 1. The molecule has 2 aromatic rings. The maximum Gasteiger partial charge on any atom is 0.408 e. The number of aliphatic imine (C=N–C) groups is 1. The highest BCUT2D eigenvalue weighted by Gasteiger charge is 2.35. The number of alkyl halides is 3. The lowest BCUT2D eigenvalue weighted by Crippen LogP contribution is -2.54. The fourth-order valence-corrected chi connectivity index (χ4v) is 3.20. The summed E-state index contributed by atoms with van der Waals surface area (Å²) in [4.78, 5) is 15.7. The van der Waals surface area contributed by atoms with E-state index in [1.807, 2.05) is 36.4 Å². The summed E-state index contributed by atoms with van der Waals surface area (Å²) >= 11 is 0. The third-order valence-corrected chi connectivity index (χ3v) is 4.86. The Morgan fingerprint density at radius 3 is 2.19 bits per heavy atom. The molecule has 1 aliphatic heterocycles. The summed E-state index contributed by atoms with van der Waals surface area (Å²) in [5, 5.41) is 0.553. The zero-order chi connectivity index (χ0) is 22.3. The molecular formula is C23H26F3N3O2. The van der Waals surface area contributed by atoms with Crippen LogP contribution in [-0.4, -0.2) is 42.6 Å². The van der Waals surface area contributed by atoms with Crippen LogP contribution in [-0.2, 0) is 4.79 Å². The Labute approximate surface area is 179 Å². The normalized spacial score (nSPS) is 14.3. The van der Waals surface area contributed by atoms with E-state index in [1.54, 1.807) is 12.1 Å². The lowest BCUT2D eigenvalue weighted by Gasteiger charge is -2.29. The Balaban J connectivity index is 1.60. The van der Waals surface area contributed by atoms with E-state index >= 15 is 0 Å². The molecule has 0 atom stereocenters. The molecule has 3 rings (SSSR count). The molecule has 0 bridgehead atoms. The quantitative estimate of drug-likeness (QED) is 0.568. The zero-order valence-electron chi connectivity index (χ0n) is 17.4. The van der Waals surface area contributed by atoms with Gasteiger partial charge in [-0.25, -0.2) is 5.01 Å². The van der Waals surface area contributed by atoms with Gasteiger partial charge in [-0.05, 0) is 29.7 Å². The number of carbonyl (C=O) groups is 1. The molecule has 1 amide bonds. The number of nitrogens with one attached hydrogen (secondary N) is 1. The minimum Gasteiger partial charge on any atom is -0.494 e. The van der Waals surface area contributed by atoms with Crippen molar-refractivity contribution in [2.75, 3.05) is 19.7 Å². The van der Waals surface area contributed by atoms with E-state index < -0.39 is 18.6 Å². The predicted octanol–water partition coefficient (Wildman–Crippen LogP) is 4.97. The average Bonchev–Trinajstić information content (AvgIpc) is 2.75. The molecule has 31 heavy (non-hydrogen) atoms. The van der Waals surface area contributed by atoms with Gasteiger partial charge in [0.25, 0.3) is 5.91 Å². The topological polar surface area (TPSA) is 53.9 Å². The van der Waals surface area contributed by atoms with Gasteiger partial charge in [0.05, 0.1) is 6.61 Å². The highest BCUT2D eigenvalue weighted by atomic mass is 19.4. The molecule has 2 aromatic carbocycles. The summed E-state index contributed by atoms with van der Waals surface area (Å²) < 4.78 is 43.7. The van der Waals surface area contributed by atoms with Crippen LogP contribution in [0.1, 0.15) is 38.2 Å². The molecule has 0 saturated carbocycles. The Kier molecular flexibility index (Phi) is 7.55. The predicted molar refractivity (Wildman–Crippen MR) is 114 cm³/mol. The fraction of sp³-hybridized carbons (Fsp3) is 0.391. The molecule has 1 N–H and O–H groups in total. The maximum absolute atomic E-state index is 12.6. The number of hydrogen-bond acceptors (Lipinski definition) is 4. The highest BCUT2D eigenvalue weighted by Crippen LogP contribution is 2.24. The van der Waals surface area contributed by atoms with Gasteiger partial charge in [0.1, 0.15) is 24.7 Å². The molecule has 166 valence electrons. The minimum absolute atomic E-state index is 0.238. The van der Waals surface area contributed by atoms with Gasteiger partial charge >= 0.3 is 6.18 Å². The minimum atomic E-state index is -4.49. The van der Waals surface area contributed by atoms with Crippen LogP contribution < -0.4 is 10.2 Å². The molecule has 0 unspecified atom stereocenters. The molecule has 1 aliphatic rings. The van der Waals surface area contributed by atoms with Gasteiger partial charge in [-0.1, -0.05) is 62.6 Å². The van der Waals surface area contributed by atoms with Crippen LogP contribution in [0.2, 0.25) is 0 Å². The van der Waals surface area contributed by atoms with Gasteiger partial charge in [0.15, 0.2) is 0 Å². The molecule has 0 aliphatic carbocycles. The number of amidine groups is 1. The smallest absolute Gasteiger partial charge is 0.408 e. The maximum atomic E-state index is 12.6. The second-order valence-corrected chi connectivity index (χ2v) is 7.38. The van der Waals surface area contributed by atoms with Gasteiger partial charge in [-0.2, -0.15) is 13.2 Å². The van der Waals surface area contributed by atoms with Gasteiger partial charge in [-0.15, -0.1) is 0 Å². The van der Waals surface area contributed by atoms with Crippen molar-refractivity contribution in [3.8, 4) is 16.9 Å². The van der Waals surface area contributed by atoms with Crippen molar-refractivity contribution >= 4 is 11.7 Å². The van der Waals surface area contributed by atoms with E-state index in [-0.39, 0.29) is 12.4 Å². The first-order chi connectivity index (χ1) is 14.9. The van der Waals surface area contributed by atoms with Crippen LogP contribution in [0.15, 0.2) is 53.5 Å². The van der Waals surface area contributed by atoms with Crippen molar-refractivity contribution < 1.29 is 22.7 Å². The van der Waals surface area contributed by atoms with E-state index in [1.165, 1.54) is 19.3 Å². The number of nitrogens with zero attached hydrogens (tertiary/aromatic N) is 2. The van der Waals surface area contributed by atoms with Crippen LogP contribution in [0.5, 0.6) is 5.75 Å². The summed E-state index contributed by atoms with van der Waals surface area (Å²) in [6, 6.07) is 15.1. The van der Waals surface area contributed by atoms with Gasteiger partial charge in [0.2, 0.25) is 0 Å². The number of unbranched alkanes of at least 4 members (excludes halogenated alkanes) is 3. The van der Waals surface area contributed by atoms with E-state index in [2.05, 4.69) is 17.3 Å². The molecule has 8 heteroatoms. The first-order valence-corrected chi connectivity index (χ1v) is 10.4. The summed E-state index contributed by atoms with van der Waals surface area (Å²) in [5.74, 6) is 0.347. The summed E-state index contributed by atoms with van der Waals surface area (Å²) in [6.45, 7) is 1.20. The number of benzene rings is 2. The molecule has 5 nitrogen and oxygen atoms in total. The molecule has 0 saturated heterocycles. The lowest BCUT2D eigenvalue weighted by molar-refractivity contribution is -0.164. The first-order valence-electron chi connectivity index (χ1n) is 10.4. The van der Waals surface area contributed by atoms with Crippen LogP contribution in [0, 0.1) is 0 Å². The Bertz CT molecular complexity index is 894. The van der Waals surface area contributed by atoms with Crippen molar-refractivity contribution in [1.82, 2.24) is 10.4 Å². The zero-order valence-corrected chi connectivity index (χ0v) is 17.4. The second kappa shape index (κ2) is 10.3. The van der Waals surface area contributed by atoms with Crippen molar-refractivity contribution in [2.24, 2.45) is 4.99 Å². The number of hydrazine groups is 1. The molecule has 1 heterocycles. The standard InChI is InChI=1S/C23H26F3N3O2/c1-2-3-4-5-14-31-20-12-10-18(11-13-20)17-6-8-19(9-7-17)22-27-15-21(30)29(28-22)16-23(24,25)26/h6-13H,2-5,14-16H2,1H3,(H,27,28). The van der Waals surface area contributed by atoms with E-state index in [9.17, 15) is 18.0 Å². The van der Waals surface area contributed by atoms with Crippen molar-refractivity contribution in [3.63, 3.8) is 0 Å². The first kappa shape index (κ1) is 22.7. The third-order valence-electron chi connectivity index (χ3n) is 4.86. The van der Waals surface area contributed by atoms with Gasteiger partial charge in [-0.3, -0.25) is 15.2 Å². The molecule has 0 radical (unpaired) electrons. The Morgan fingerprint density at radius 2 is 1.58 bits per heavy atom. The van der Waals surface area contributed by atoms with Crippen LogP contribution in [0.4, 0.5) is 13.2 Å². The number of rotatable bonds is 9. The summed E-state index contributed by atoms with van der Waals surface area (Å²) in [5.41, 5.74) is 5.03. The van der Waals surface area contributed by atoms with E-state index in [0.29, 0.717) is 17.2 Å². The number of carbonyl (C=O) groups excluding carboxylic acids is 1. The van der Waals surface area contributed by atoms with Gasteiger partial charge in [0, 0.05) is 5.56 Å². The SMILES string of the molecule is CCCCCCOc1ccc(-c2ccc(C3=NCC(=O)N(CC(F)(F)F)N3)cc2)cc1. The second-order valence-electron chi connectivity index (χ2n) is 7.38. The van der Waals surface area contributed by atoms with Gasteiger partial charge < -0.3 is 4.74 Å². The Hall–Kier alpha value is -3.03. The van der Waals surface area contributed by atoms with Crippen molar-refractivity contribution in [1.29, 1.82) is 0 Å². The fourth-order valence-electron chi connectivity index (χ4n) is 3.20. The number of halogens is 3. The number of amides is 1. The van der Waals surface area contributed by atoms with Crippen LogP contribution in [0.3, 0.4) is 0 Å². The summed E-state index contributed by atoms with van der Waals surface area (Å²) in [7, 11) is 0. The molecule has 0 aromatic heterocycles. The monoisotopic (exact) mass is 433 g/mol. The molecule has 0 spiro atoms. The highest BCUT2D eigenvalue weighted by molar-refractivity contribution is 6.02. The largest absolute Gasteiger partial charge is 0.494 e. The Morgan fingerprint density at radius 1 is 0.968 bits per heavy atom. The lowest BCUT2D eigenvalue weighted by atomic mass is 10.0. The average molecular weight is 433 g/mol. The van der Waals surface area contributed by atoms with Crippen molar-refractivity contribution in [2.45, 2.75) is 38.8 Å². The summed E-state index contributed by atoms with van der Waals surface area (Å²) in [6.07, 6.45) is 0.141. The van der Waals surface area contributed by atoms with Crippen molar-refractivity contribution in [3.05, 3.63) is 54.1 Å².